The molecule has 1 fully saturated rings. The highest BCUT2D eigenvalue weighted by Crippen LogP contribution is 2.13. The summed E-state index contributed by atoms with van der Waals surface area (Å²) >= 11 is 2.03. The number of thioether (sulfide) groups is 1. The van der Waals surface area contributed by atoms with Crippen LogP contribution in [0, 0.1) is 5.82 Å². The molecule has 0 aliphatic carbocycles. The molecule has 2 aromatic carbocycles. The second-order valence-electron chi connectivity index (χ2n) is 6.66. The van der Waals surface area contributed by atoms with E-state index in [0.717, 1.165) is 24.2 Å². The number of amides is 2. The average Bonchev–Trinajstić information content (AvgIpc) is 2.70. The molecule has 3 rings (SSSR count). The molecular formula is C21H26FN3OS. The van der Waals surface area contributed by atoms with Crippen molar-refractivity contribution in [2.24, 2.45) is 0 Å². The van der Waals surface area contributed by atoms with Gasteiger partial charge in [-0.05, 0) is 48.2 Å². The van der Waals surface area contributed by atoms with Crippen LogP contribution in [0.4, 0.5) is 14.9 Å². The number of halogens is 1. The van der Waals surface area contributed by atoms with Crippen molar-refractivity contribution in [3.05, 3.63) is 65.5 Å². The molecule has 0 spiro atoms. The molecule has 1 aliphatic rings. The molecule has 4 nitrogen and oxygen atoms in total. The molecule has 0 atom stereocenters. The van der Waals surface area contributed by atoms with E-state index in [1.807, 2.05) is 23.9 Å². The minimum absolute atomic E-state index is 0.226. The highest BCUT2D eigenvalue weighted by molar-refractivity contribution is 7.99. The number of rotatable bonds is 7. The Bertz CT molecular complexity index is 715. The van der Waals surface area contributed by atoms with Crippen molar-refractivity contribution in [2.75, 3.05) is 43.0 Å². The third-order valence-electron chi connectivity index (χ3n) is 4.64. The molecule has 6 heteroatoms. The number of carbonyl (C=O) groups excluding carboxylic acids is 1. The molecule has 144 valence electrons. The van der Waals surface area contributed by atoms with E-state index in [4.69, 9.17) is 0 Å². The summed E-state index contributed by atoms with van der Waals surface area (Å²) in [6.07, 6.45) is 1.70. The lowest BCUT2D eigenvalue weighted by atomic mass is 10.1. The zero-order valence-electron chi connectivity index (χ0n) is 15.4. The number of hydrogen-bond donors (Lipinski definition) is 2. The molecule has 0 unspecified atom stereocenters. The summed E-state index contributed by atoms with van der Waals surface area (Å²) in [7, 11) is 0. The third-order valence-corrected chi connectivity index (χ3v) is 5.59. The molecule has 2 N–H and O–H groups in total. The molecule has 0 radical (unpaired) electrons. The van der Waals surface area contributed by atoms with Gasteiger partial charge in [0.1, 0.15) is 5.82 Å². The van der Waals surface area contributed by atoms with E-state index in [1.54, 1.807) is 12.1 Å². The van der Waals surface area contributed by atoms with E-state index < -0.39 is 0 Å². The van der Waals surface area contributed by atoms with E-state index >= 15 is 0 Å². The number of nitrogens with zero attached hydrogens (tertiary/aromatic N) is 1. The van der Waals surface area contributed by atoms with E-state index in [1.165, 1.54) is 42.3 Å². The van der Waals surface area contributed by atoms with Crippen molar-refractivity contribution in [2.45, 2.75) is 12.8 Å². The Labute approximate surface area is 164 Å². The molecule has 1 aliphatic heterocycles. The van der Waals surface area contributed by atoms with Crippen molar-refractivity contribution in [1.29, 1.82) is 0 Å². The molecule has 1 saturated heterocycles. The van der Waals surface area contributed by atoms with Gasteiger partial charge in [-0.1, -0.05) is 24.3 Å². The highest BCUT2D eigenvalue weighted by Gasteiger charge is 2.10. The Hall–Kier alpha value is -2.05. The minimum atomic E-state index is -0.247. The van der Waals surface area contributed by atoms with Crippen LogP contribution in [0.5, 0.6) is 0 Å². The topological polar surface area (TPSA) is 44.4 Å². The molecular weight excluding hydrogens is 361 g/mol. The van der Waals surface area contributed by atoms with Crippen LogP contribution in [0.25, 0.3) is 0 Å². The first kappa shape index (κ1) is 19.7. The lowest BCUT2D eigenvalue weighted by Gasteiger charge is -2.26. The second kappa shape index (κ2) is 10.3. The van der Waals surface area contributed by atoms with Gasteiger partial charge < -0.3 is 15.5 Å². The van der Waals surface area contributed by atoms with Crippen molar-refractivity contribution in [3.8, 4) is 0 Å². The van der Waals surface area contributed by atoms with Gasteiger partial charge in [-0.2, -0.15) is 11.8 Å². The first-order chi connectivity index (χ1) is 13.2. The van der Waals surface area contributed by atoms with Crippen LogP contribution >= 0.6 is 11.8 Å². The second-order valence-corrected chi connectivity index (χ2v) is 7.88. The molecule has 0 bridgehead atoms. The maximum Gasteiger partial charge on any atom is 0.319 e. The molecule has 2 aromatic rings. The molecule has 0 aromatic heterocycles. The molecule has 1 heterocycles. The smallest absolute Gasteiger partial charge is 0.319 e. The van der Waals surface area contributed by atoms with Gasteiger partial charge in [0, 0.05) is 43.4 Å². The van der Waals surface area contributed by atoms with Gasteiger partial charge in [0.25, 0.3) is 0 Å². The Kier molecular flexibility index (Phi) is 7.54. The molecule has 2 amide bonds. The SMILES string of the molecule is O=C(NCCc1ccc(F)cc1)Nc1ccc(CCN2CCSCC2)cc1. The van der Waals surface area contributed by atoms with Crippen molar-refractivity contribution in [1.82, 2.24) is 10.2 Å². The summed E-state index contributed by atoms with van der Waals surface area (Å²) in [6, 6.07) is 14.1. The zero-order valence-corrected chi connectivity index (χ0v) is 16.2. The van der Waals surface area contributed by atoms with Crippen molar-refractivity contribution >= 4 is 23.5 Å². The van der Waals surface area contributed by atoms with Crippen molar-refractivity contribution in [3.63, 3.8) is 0 Å². The summed E-state index contributed by atoms with van der Waals surface area (Å²) in [6.45, 7) is 3.96. The van der Waals surface area contributed by atoms with E-state index in [0.29, 0.717) is 13.0 Å². The summed E-state index contributed by atoms with van der Waals surface area (Å²) < 4.78 is 12.9. The largest absolute Gasteiger partial charge is 0.338 e. The lowest BCUT2D eigenvalue weighted by molar-refractivity contribution is 0.252. The number of hydrogen-bond acceptors (Lipinski definition) is 3. The van der Waals surface area contributed by atoms with E-state index in [9.17, 15) is 9.18 Å². The molecule has 27 heavy (non-hydrogen) atoms. The van der Waals surface area contributed by atoms with Gasteiger partial charge in [0.05, 0.1) is 0 Å². The minimum Gasteiger partial charge on any atom is -0.338 e. The van der Waals surface area contributed by atoms with Crippen LogP contribution in [-0.2, 0) is 12.8 Å². The van der Waals surface area contributed by atoms with Crippen LogP contribution in [0.15, 0.2) is 48.5 Å². The van der Waals surface area contributed by atoms with Crippen LogP contribution in [0.2, 0.25) is 0 Å². The number of urea groups is 1. The Morgan fingerprint density at radius 2 is 1.59 bits per heavy atom. The van der Waals surface area contributed by atoms with Crippen molar-refractivity contribution < 1.29 is 9.18 Å². The first-order valence-electron chi connectivity index (χ1n) is 9.37. The van der Waals surface area contributed by atoms with E-state index in [-0.39, 0.29) is 11.8 Å². The lowest BCUT2D eigenvalue weighted by Crippen LogP contribution is -2.34. The average molecular weight is 388 g/mol. The van der Waals surface area contributed by atoms with Gasteiger partial charge in [-0.15, -0.1) is 0 Å². The summed E-state index contributed by atoms with van der Waals surface area (Å²) in [4.78, 5) is 14.5. The quantitative estimate of drug-likeness (QED) is 0.760. The predicted octanol–water partition coefficient (Wildman–Crippen LogP) is 3.78. The number of anilines is 1. The van der Waals surface area contributed by atoms with Crippen LogP contribution in [0.3, 0.4) is 0 Å². The summed E-state index contributed by atoms with van der Waals surface area (Å²) in [5.74, 6) is 2.22. The zero-order chi connectivity index (χ0) is 18.9. The van der Waals surface area contributed by atoms with Gasteiger partial charge in [0.2, 0.25) is 0 Å². The summed E-state index contributed by atoms with van der Waals surface area (Å²) in [5, 5.41) is 5.67. The number of nitrogens with one attached hydrogen (secondary N) is 2. The Balaban J connectivity index is 1.36. The van der Waals surface area contributed by atoms with Gasteiger partial charge in [0.15, 0.2) is 0 Å². The van der Waals surface area contributed by atoms with Crippen LogP contribution in [0.1, 0.15) is 11.1 Å². The highest BCUT2D eigenvalue weighted by atomic mass is 32.2. The van der Waals surface area contributed by atoms with Gasteiger partial charge in [-0.3, -0.25) is 0 Å². The monoisotopic (exact) mass is 387 g/mol. The van der Waals surface area contributed by atoms with Gasteiger partial charge in [-0.25, -0.2) is 9.18 Å². The first-order valence-corrected chi connectivity index (χ1v) is 10.5. The summed E-state index contributed by atoms with van der Waals surface area (Å²) in [5.41, 5.74) is 3.07. The maximum atomic E-state index is 12.9. The normalized spacial score (nSPS) is 14.7. The maximum absolute atomic E-state index is 12.9. The Morgan fingerprint density at radius 3 is 2.30 bits per heavy atom. The third kappa shape index (κ3) is 6.88. The fraction of sp³-hybridized carbons (Fsp3) is 0.381. The number of carbonyl (C=O) groups is 1. The fourth-order valence-electron chi connectivity index (χ4n) is 3.01. The number of benzene rings is 2. The standard InChI is InChI=1S/C21H26FN3OS/c22-19-5-1-17(2-6-19)9-11-23-21(26)24-20-7-3-18(4-8-20)10-12-25-13-15-27-16-14-25/h1-8H,9-16H2,(H2,23,24,26). The van der Waals surface area contributed by atoms with E-state index in [2.05, 4.69) is 27.7 Å². The Morgan fingerprint density at radius 1 is 0.963 bits per heavy atom. The molecule has 0 saturated carbocycles. The van der Waals surface area contributed by atoms with Gasteiger partial charge >= 0.3 is 6.03 Å². The van der Waals surface area contributed by atoms with Crippen LogP contribution in [-0.4, -0.2) is 48.6 Å². The fourth-order valence-corrected chi connectivity index (χ4v) is 3.99. The predicted molar refractivity (Wildman–Crippen MR) is 111 cm³/mol. The van der Waals surface area contributed by atoms with Crippen LogP contribution < -0.4 is 10.6 Å².